The molecular weight excluding hydrogens is 264 g/mol. The third-order valence-corrected chi connectivity index (χ3v) is 4.19. The van der Waals surface area contributed by atoms with Gasteiger partial charge in [-0.2, -0.15) is 0 Å². The van der Waals surface area contributed by atoms with Gasteiger partial charge in [0, 0.05) is 17.9 Å². The molecule has 3 rings (SSSR count). The molecule has 1 saturated carbocycles. The third kappa shape index (κ3) is 2.69. The molecule has 1 N–H and O–H groups in total. The van der Waals surface area contributed by atoms with Gasteiger partial charge in [0.15, 0.2) is 5.78 Å². The number of methoxy groups -OCH3 is 1. The molecule has 2 atom stereocenters. The first-order valence-corrected chi connectivity index (χ1v) is 7.08. The van der Waals surface area contributed by atoms with Gasteiger partial charge in [0.25, 0.3) is 0 Å². The highest BCUT2D eigenvalue weighted by Gasteiger charge is 2.54. The summed E-state index contributed by atoms with van der Waals surface area (Å²) in [7, 11) is 1.61. The van der Waals surface area contributed by atoms with Gasteiger partial charge in [0.1, 0.15) is 5.75 Å². The summed E-state index contributed by atoms with van der Waals surface area (Å²) in [4.78, 5) is 12.2. The Bertz CT molecular complexity index is 633. The van der Waals surface area contributed by atoms with Crippen molar-refractivity contribution in [3.63, 3.8) is 0 Å². The number of hydrogen-bond acceptors (Lipinski definition) is 3. The summed E-state index contributed by atoms with van der Waals surface area (Å²) < 4.78 is 5.12. The maximum Gasteiger partial charge on any atom is 0.163 e. The minimum atomic E-state index is -0.864. The van der Waals surface area contributed by atoms with Gasteiger partial charge in [0.2, 0.25) is 0 Å². The van der Waals surface area contributed by atoms with E-state index in [-0.39, 0.29) is 11.7 Å². The second kappa shape index (κ2) is 5.34. The Morgan fingerprint density at radius 2 is 1.86 bits per heavy atom. The van der Waals surface area contributed by atoms with Gasteiger partial charge < -0.3 is 9.84 Å². The van der Waals surface area contributed by atoms with Crippen LogP contribution in [0.4, 0.5) is 0 Å². The second-order valence-electron chi connectivity index (χ2n) is 5.55. The topological polar surface area (TPSA) is 46.5 Å². The highest BCUT2D eigenvalue weighted by Crippen LogP contribution is 2.54. The molecule has 0 heterocycles. The monoisotopic (exact) mass is 282 g/mol. The van der Waals surface area contributed by atoms with Crippen molar-refractivity contribution in [3.05, 3.63) is 65.7 Å². The molecule has 3 heteroatoms. The molecule has 0 radical (unpaired) electrons. The fourth-order valence-corrected chi connectivity index (χ4v) is 2.76. The van der Waals surface area contributed by atoms with Crippen molar-refractivity contribution in [2.24, 2.45) is 5.92 Å². The number of rotatable bonds is 5. The zero-order valence-corrected chi connectivity index (χ0v) is 12.0. The number of hydrogen-bond donors (Lipinski definition) is 1. The molecule has 0 saturated heterocycles. The molecule has 3 nitrogen and oxygen atoms in total. The van der Waals surface area contributed by atoms with Gasteiger partial charge >= 0.3 is 0 Å². The standard InChI is InChI=1S/C18H18O3/c1-21-16-9-7-14(8-10-16)18(20)12-15(18)11-17(19)13-5-3-2-4-6-13/h2-10,15,20H,11-12H2,1H3/t15-,18-/m0/s1. The normalized spacial score (nSPS) is 23.6. The lowest BCUT2D eigenvalue weighted by Gasteiger charge is -2.11. The SMILES string of the molecule is COc1ccc([C@@]2(O)C[C@@H]2CC(=O)c2ccccc2)cc1. The Kier molecular flexibility index (Phi) is 3.52. The molecule has 0 amide bonds. The number of ketones is 1. The van der Waals surface area contributed by atoms with Gasteiger partial charge in [-0.25, -0.2) is 0 Å². The predicted molar refractivity (Wildman–Crippen MR) is 80.4 cm³/mol. The molecule has 0 aliphatic heterocycles. The maximum absolute atomic E-state index is 12.2. The van der Waals surface area contributed by atoms with E-state index in [4.69, 9.17) is 4.74 Å². The van der Waals surface area contributed by atoms with Crippen LogP contribution < -0.4 is 4.74 Å². The predicted octanol–water partition coefficient (Wildman–Crippen LogP) is 3.18. The van der Waals surface area contributed by atoms with Crippen LogP contribution >= 0.6 is 0 Å². The van der Waals surface area contributed by atoms with Crippen LogP contribution in [0, 0.1) is 5.92 Å². The smallest absolute Gasteiger partial charge is 0.163 e. The van der Waals surface area contributed by atoms with Crippen molar-refractivity contribution in [2.45, 2.75) is 18.4 Å². The maximum atomic E-state index is 12.2. The molecule has 108 valence electrons. The Morgan fingerprint density at radius 3 is 2.48 bits per heavy atom. The molecule has 0 unspecified atom stereocenters. The van der Waals surface area contributed by atoms with Crippen LogP contribution in [0.15, 0.2) is 54.6 Å². The molecule has 0 spiro atoms. The average molecular weight is 282 g/mol. The van der Waals surface area contributed by atoms with Crippen LogP contribution in [0.25, 0.3) is 0 Å². The van der Waals surface area contributed by atoms with Crippen LogP contribution in [0.5, 0.6) is 5.75 Å². The Balaban J connectivity index is 1.68. The summed E-state index contributed by atoms with van der Waals surface area (Å²) in [6.45, 7) is 0. The van der Waals surface area contributed by atoms with Crippen molar-refractivity contribution in [1.29, 1.82) is 0 Å². The summed E-state index contributed by atoms with van der Waals surface area (Å²) in [5, 5.41) is 10.6. The fourth-order valence-electron chi connectivity index (χ4n) is 2.76. The molecular formula is C18H18O3. The molecule has 2 aromatic rings. The van der Waals surface area contributed by atoms with E-state index >= 15 is 0 Å². The lowest BCUT2D eigenvalue weighted by molar-refractivity contribution is 0.0921. The van der Waals surface area contributed by atoms with Gasteiger partial charge in [-0.15, -0.1) is 0 Å². The number of carbonyl (C=O) groups excluding carboxylic acids is 1. The lowest BCUT2D eigenvalue weighted by atomic mass is 10.0. The molecule has 21 heavy (non-hydrogen) atoms. The van der Waals surface area contributed by atoms with E-state index in [1.165, 1.54) is 0 Å². The molecule has 2 aromatic carbocycles. The Labute approximate surface area is 124 Å². The Morgan fingerprint density at radius 1 is 1.19 bits per heavy atom. The quantitative estimate of drug-likeness (QED) is 0.857. The van der Waals surface area contributed by atoms with E-state index in [1.54, 1.807) is 7.11 Å². The van der Waals surface area contributed by atoms with Crippen molar-refractivity contribution in [3.8, 4) is 5.75 Å². The van der Waals surface area contributed by atoms with Crippen molar-refractivity contribution in [2.75, 3.05) is 7.11 Å². The van der Waals surface area contributed by atoms with Gasteiger partial charge in [-0.05, 0) is 24.1 Å². The number of Topliss-reactive ketones (excluding diaryl/α,β-unsaturated/α-hetero) is 1. The fraction of sp³-hybridized carbons (Fsp3) is 0.278. The number of aliphatic hydroxyl groups is 1. The first kappa shape index (κ1) is 13.8. The minimum Gasteiger partial charge on any atom is -0.497 e. The highest BCUT2D eigenvalue weighted by atomic mass is 16.5. The lowest BCUT2D eigenvalue weighted by Crippen LogP contribution is -2.11. The van der Waals surface area contributed by atoms with E-state index in [9.17, 15) is 9.90 Å². The minimum absolute atomic E-state index is 0.00130. The highest BCUT2D eigenvalue weighted by molar-refractivity contribution is 5.96. The van der Waals surface area contributed by atoms with Crippen molar-refractivity contribution >= 4 is 5.78 Å². The van der Waals surface area contributed by atoms with Crippen LogP contribution in [0.3, 0.4) is 0 Å². The van der Waals surface area contributed by atoms with E-state index in [0.29, 0.717) is 18.4 Å². The molecule has 0 bridgehead atoms. The van der Waals surface area contributed by atoms with E-state index in [1.807, 2.05) is 54.6 Å². The van der Waals surface area contributed by atoms with E-state index in [2.05, 4.69) is 0 Å². The summed E-state index contributed by atoms with van der Waals surface area (Å²) >= 11 is 0. The van der Waals surface area contributed by atoms with Crippen LogP contribution in [0.2, 0.25) is 0 Å². The molecule has 1 fully saturated rings. The molecule has 0 aromatic heterocycles. The summed E-state index contributed by atoms with van der Waals surface area (Å²) in [5.41, 5.74) is 0.701. The molecule has 1 aliphatic rings. The molecule has 1 aliphatic carbocycles. The average Bonchev–Trinajstić information content (AvgIpc) is 3.19. The van der Waals surface area contributed by atoms with Crippen LogP contribution in [-0.4, -0.2) is 18.0 Å². The number of carbonyl (C=O) groups is 1. The van der Waals surface area contributed by atoms with Crippen molar-refractivity contribution in [1.82, 2.24) is 0 Å². The Hall–Kier alpha value is -2.13. The number of ether oxygens (including phenoxy) is 1. The third-order valence-electron chi connectivity index (χ3n) is 4.19. The van der Waals surface area contributed by atoms with Crippen LogP contribution in [0.1, 0.15) is 28.8 Å². The van der Waals surface area contributed by atoms with Crippen LogP contribution in [-0.2, 0) is 5.60 Å². The zero-order chi connectivity index (χ0) is 14.9. The first-order valence-electron chi connectivity index (χ1n) is 7.08. The summed E-state index contributed by atoms with van der Waals surface area (Å²) in [6, 6.07) is 16.6. The summed E-state index contributed by atoms with van der Waals surface area (Å²) in [6.07, 6.45) is 1.02. The first-order chi connectivity index (χ1) is 10.1. The van der Waals surface area contributed by atoms with Gasteiger partial charge in [0.05, 0.1) is 12.7 Å². The van der Waals surface area contributed by atoms with Crippen molar-refractivity contribution < 1.29 is 14.6 Å². The van der Waals surface area contributed by atoms with E-state index < -0.39 is 5.60 Å². The van der Waals surface area contributed by atoms with Gasteiger partial charge in [-0.3, -0.25) is 4.79 Å². The largest absolute Gasteiger partial charge is 0.497 e. The van der Waals surface area contributed by atoms with Gasteiger partial charge in [-0.1, -0.05) is 42.5 Å². The number of benzene rings is 2. The summed E-state index contributed by atoms with van der Waals surface area (Å²) in [5.74, 6) is 0.851. The van der Waals surface area contributed by atoms with E-state index in [0.717, 1.165) is 11.3 Å². The zero-order valence-electron chi connectivity index (χ0n) is 12.0. The second-order valence-corrected chi connectivity index (χ2v) is 5.55.